The van der Waals surface area contributed by atoms with Gasteiger partial charge in [0, 0.05) is 36.0 Å². The van der Waals surface area contributed by atoms with E-state index >= 15 is 0 Å². The Morgan fingerprint density at radius 2 is 1.92 bits per heavy atom. The minimum atomic E-state index is 0.612. The predicted molar refractivity (Wildman–Crippen MR) is 94.9 cm³/mol. The third kappa shape index (κ3) is 2.27. The van der Waals surface area contributed by atoms with Gasteiger partial charge in [-0.1, -0.05) is 0 Å². The lowest BCUT2D eigenvalue weighted by molar-refractivity contribution is 0.397. The zero-order chi connectivity index (χ0) is 17.6. The number of aryl methyl sites for hydroxylation is 2. The summed E-state index contributed by atoms with van der Waals surface area (Å²) < 4.78 is 12.6. The van der Waals surface area contributed by atoms with E-state index in [9.17, 15) is 0 Å². The van der Waals surface area contributed by atoms with Crippen molar-refractivity contribution in [2.75, 3.05) is 14.2 Å². The molecule has 0 saturated carbocycles. The van der Waals surface area contributed by atoms with Crippen molar-refractivity contribution in [1.29, 1.82) is 0 Å². The van der Waals surface area contributed by atoms with E-state index in [0.717, 1.165) is 27.7 Å². The molecule has 7 nitrogen and oxygen atoms in total. The highest BCUT2D eigenvalue weighted by Crippen LogP contribution is 2.37. The fraction of sp³-hybridized carbons (Fsp3) is 0.222. The number of ether oxygens (including phenoxy) is 2. The van der Waals surface area contributed by atoms with Crippen molar-refractivity contribution in [3.63, 3.8) is 0 Å². The van der Waals surface area contributed by atoms with Crippen LogP contribution in [-0.2, 0) is 7.05 Å². The van der Waals surface area contributed by atoms with E-state index in [0.29, 0.717) is 22.7 Å². The normalized spacial score (nSPS) is 11.2. The van der Waals surface area contributed by atoms with Gasteiger partial charge < -0.3 is 9.47 Å². The molecule has 0 saturated heterocycles. The monoisotopic (exact) mass is 335 g/mol. The van der Waals surface area contributed by atoms with Gasteiger partial charge in [-0.3, -0.25) is 4.98 Å². The highest BCUT2D eigenvalue weighted by molar-refractivity contribution is 6.11. The van der Waals surface area contributed by atoms with Crippen molar-refractivity contribution >= 4 is 21.9 Å². The van der Waals surface area contributed by atoms with E-state index in [1.165, 1.54) is 0 Å². The fourth-order valence-corrected chi connectivity index (χ4v) is 3.05. The summed E-state index contributed by atoms with van der Waals surface area (Å²) in [6.45, 7) is 1.97. The number of nitrogens with zero attached hydrogens (tertiary/aromatic N) is 5. The third-order valence-electron chi connectivity index (χ3n) is 4.30. The SMILES string of the molecule is COc1cc(OC)c2nnc3c(c(-c4cccnc4C)nn3C)c2c1. The minimum absolute atomic E-state index is 0.612. The van der Waals surface area contributed by atoms with Crippen LogP contribution in [0.3, 0.4) is 0 Å². The fourth-order valence-electron chi connectivity index (χ4n) is 3.05. The van der Waals surface area contributed by atoms with Gasteiger partial charge in [-0.25, -0.2) is 4.68 Å². The van der Waals surface area contributed by atoms with Crippen molar-refractivity contribution in [3.05, 3.63) is 36.2 Å². The highest BCUT2D eigenvalue weighted by atomic mass is 16.5. The Labute approximate surface area is 144 Å². The Bertz CT molecular complexity index is 1100. The predicted octanol–water partition coefficient (Wildman–Crippen LogP) is 2.90. The topological polar surface area (TPSA) is 75.0 Å². The molecule has 0 radical (unpaired) electrons. The maximum atomic E-state index is 5.47. The molecule has 0 spiro atoms. The second-order valence-electron chi connectivity index (χ2n) is 5.73. The van der Waals surface area contributed by atoms with Gasteiger partial charge in [-0.05, 0) is 25.1 Å². The number of fused-ring (bicyclic) bond motifs is 3. The van der Waals surface area contributed by atoms with Crippen LogP contribution < -0.4 is 9.47 Å². The highest BCUT2D eigenvalue weighted by Gasteiger charge is 2.20. The van der Waals surface area contributed by atoms with E-state index in [2.05, 4.69) is 20.3 Å². The smallest absolute Gasteiger partial charge is 0.181 e. The molecule has 0 bridgehead atoms. The van der Waals surface area contributed by atoms with Gasteiger partial charge in [0.1, 0.15) is 17.0 Å². The molecule has 3 aromatic heterocycles. The van der Waals surface area contributed by atoms with Crippen LogP contribution in [0.1, 0.15) is 5.69 Å². The lowest BCUT2D eigenvalue weighted by Crippen LogP contribution is -1.96. The maximum absolute atomic E-state index is 5.47. The molecule has 25 heavy (non-hydrogen) atoms. The summed E-state index contributed by atoms with van der Waals surface area (Å²) in [6, 6.07) is 7.65. The second kappa shape index (κ2) is 5.70. The van der Waals surface area contributed by atoms with Crippen LogP contribution in [0.4, 0.5) is 0 Å². The van der Waals surface area contributed by atoms with Crippen molar-refractivity contribution in [1.82, 2.24) is 25.0 Å². The number of hydrogen-bond acceptors (Lipinski definition) is 6. The van der Waals surface area contributed by atoms with Gasteiger partial charge in [-0.2, -0.15) is 5.10 Å². The summed E-state index contributed by atoms with van der Waals surface area (Å²) in [4.78, 5) is 4.38. The van der Waals surface area contributed by atoms with Crippen molar-refractivity contribution in [2.45, 2.75) is 6.92 Å². The Hall–Kier alpha value is -3.22. The van der Waals surface area contributed by atoms with Gasteiger partial charge in [-0.15, -0.1) is 10.2 Å². The molecule has 1 aromatic carbocycles. The molecule has 0 atom stereocenters. The molecule has 0 aliphatic carbocycles. The molecule has 4 rings (SSSR count). The molecule has 3 heterocycles. The van der Waals surface area contributed by atoms with Crippen LogP contribution in [0.5, 0.6) is 11.5 Å². The van der Waals surface area contributed by atoms with Crippen LogP contribution in [0.25, 0.3) is 33.2 Å². The summed E-state index contributed by atoms with van der Waals surface area (Å²) in [5.74, 6) is 1.30. The molecular weight excluding hydrogens is 318 g/mol. The van der Waals surface area contributed by atoms with Gasteiger partial charge >= 0.3 is 0 Å². The first-order valence-electron chi connectivity index (χ1n) is 7.81. The number of pyridine rings is 1. The quantitative estimate of drug-likeness (QED) is 0.573. The zero-order valence-corrected chi connectivity index (χ0v) is 14.4. The third-order valence-corrected chi connectivity index (χ3v) is 4.30. The number of hydrogen-bond donors (Lipinski definition) is 0. The zero-order valence-electron chi connectivity index (χ0n) is 14.4. The summed E-state index contributed by atoms with van der Waals surface area (Å²) in [6.07, 6.45) is 1.77. The first-order chi connectivity index (χ1) is 12.1. The number of rotatable bonds is 3. The van der Waals surface area contributed by atoms with E-state index in [-0.39, 0.29) is 0 Å². The molecule has 0 N–H and O–H groups in total. The summed E-state index contributed by atoms with van der Waals surface area (Å²) in [5, 5.41) is 15.2. The minimum Gasteiger partial charge on any atom is -0.497 e. The molecule has 7 heteroatoms. The van der Waals surface area contributed by atoms with Crippen LogP contribution >= 0.6 is 0 Å². The van der Waals surface area contributed by atoms with Gasteiger partial charge in [0.25, 0.3) is 0 Å². The van der Waals surface area contributed by atoms with Crippen molar-refractivity contribution in [3.8, 4) is 22.8 Å². The first-order valence-corrected chi connectivity index (χ1v) is 7.81. The van der Waals surface area contributed by atoms with Crippen molar-refractivity contribution in [2.24, 2.45) is 7.05 Å². The standard InChI is InChI=1S/C18H17N5O2/c1-10-12(6-5-7-19-10)17-15-13-8-11(24-3)9-14(25-4)16(13)20-21-18(15)23(2)22-17/h5-9H,1-4H3. The molecule has 0 amide bonds. The van der Waals surface area contributed by atoms with Crippen LogP contribution in [0.15, 0.2) is 30.5 Å². The van der Waals surface area contributed by atoms with Crippen LogP contribution in [0.2, 0.25) is 0 Å². The molecule has 0 fully saturated rings. The maximum Gasteiger partial charge on any atom is 0.181 e. The van der Waals surface area contributed by atoms with Gasteiger partial charge in [0.2, 0.25) is 0 Å². The molecule has 0 unspecified atom stereocenters. The first kappa shape index (κ1) is 15.3. The Kier molecular flexibility index (Phi) is 3.49. The molecule has 0 aliphatic rings. The average Bonchev–Trinajstić information content (AvgIpc) is 2.98. The van der Waals surface area contributed by atoms with E-state index in [1.54, 1.807) is 31.2 Å². The molecule has 4 aromatic rings. The number of methoxy groups -OCH3 is 2. The number of benzene rings is 1. The van der Waals surface area contributed by atoms with Crippen LogP contribution in [0, 0.1) is 6.92 Å². The van der Waals surface area contributed by atoms with E-state index in [1.807, 2.05) is 32.2 Å². The van der Waals surface area contributed by atoms with Gasteiger partial charge in [0.15, 0.2) is 11.4 Å². The Morgan fingerprint density at radius 3 is 2.64 bits per heavy atom. The molecular formula is C18H17N5O2. The van der Waals surface area contributed by atoms with Crippen molar-refractivity contribution < 1.29 is 9.47 Å². The lowest BCUT2D eigenvalue weighted by atomic mass is 10.0. The average molecular weight is 335 g/mol. The Morgan fingerprint density at radius 1 is 1.08 bits per heavy atom. The molecule has 0 aliphatic heterocycles. The Balaban J connectivity index is 2.18. The summed E-state index contributed by atoms with van der Waals surface area (Å²) in [5.41, 5.74) is 4.05. The van der Waals surface area contributed by atoms with E-state index in [4.69, 9.17) is 9.47 Å². The largest absolute Gasteiger partial charge is 0.497 e. The summed E-state index contributed by atoms with van der Waals surface area (Å²) in [7, 11) is 5.09. The van der Waals surface area contributed by atoms with Gasteiger partial charge in [0.05, 0.1) is 19.6 Å². The lowest BCUT2D eigenvalue weighted by Gasteiger charge is -2.09. The molecule has 126 valence electrons. The second-order valence-corrected chi connectivity index (χ2v) is 5.73. The summed E-state index contributed by atoms with van der Waals surface area (Å²) >= 11 is 0. The number of aromatic nitrogens is 5. The van der Waals surface area contributed by atoms with E-state index < -0.39 is 0 Å². The van der Waals surface area contributed by atoms with Crippen LogP contribution in [-0.4, -0.2) is 39.2 Å².